The van der Waals surface area contributed by atoms with E-state index in [1.54, 1.807) is 24.3 Å². The van der Waals surface area contributed by atoms with Crippen LogP contribution in [0.4, 0.5) is 11.4 Å². The van der Waals surface area contributed by atoms with Crippen LogP contribution in [0.1, 0.15) is 26.3 Å². The van der Waals surface area contributed by atoms with E-state index in [9.17, 15) is 9.59 Å². The lowest BCUT2D eigenvalue weighted by Gasteiger charge is -2.27. The van der Waals surface area contributed by atoms with E-state index in [1.165, 1.54) is 20.3 Å². The highest BCUT2D eigenvalue weighted by molar-refractivity contribution is 5.92. The summed E-state index contributed by atoms with van der Waals surface area (Å²) in [5.41, 5.74) is 2.55. The number of nitrogens with one attached hydrogen (secondary N) is 1. The molecule has 2 aromatic rings. The van der Waals surface area contributed by atoms with Crippen LogP contribution in [0.3, 0.4) is 0 Å². The molecule has 0 atom stereocenters. The molecule has 7 nitrogen and oxygen atoms in total. The summed E-state index contributed by atoms with van der Waals surface area (Å²) < 4.78 is 15.5. The van der Waals surface area contributed by atoms with E-state index in [1.807, 2.05) is 24.3 Å². The van der Waals surface area contributed by atoms with Gasteiger partial charge < -0.3 is 24.4 Å². The molecule has 0 saturated carbocycles. The van der Waals surface area contributed by atoms with Crippen molar-refractivity contribution in [2.45, 2.75) is 26.8 Å². The van der Waals surface area contributed by atoms with Gasteiger partial charge >= 0.3 is 5.97 Å². The molecule has 2 aromatic carbocycles. The molecule has 0 saturated heterocycles. The van der Waals surface area contributed by atoms with Gasteiger partial charge in [-0.3, -0.25) is 4.79 Å². The van der Waals surface area contributed by atoms with E-state index in [0.29, 0.717) is 23.2 Å². The van der Waals surface area contributed by atoms with Gasteiger partial charge in [-0.25, -0.2) is 4.79 Å². The molecule has 0 heterocycles. The summed E-state index contributed by atoms with van der Waals surface area (Å²) in [6, 6.07) is 13.3. The Morgan fingerprint density at radius 1 is 1.06 bits per heavy atom. The fourth-order valence-corrected chi connectivity index (χ4v) is 3.06. The molecule has 0 unspecified atom stereocenters. The van der Waals surface area contributed by atoms with Crippen molar-refractivity contribution in [3.05, 3.63) is 54.1 Å². The summed E-state index contributed by atoms with van der Waals surface area (Å²) in [4.78, 5) is 25.8. The maximum atomic E-state index is 12.3. The number of hydrogen-bond donors (Lipinski definition) is 1. The molecular formula is C24H30N2O5. The van der Waals surface area contributed by atoms with Crippen molar-refractivity contribution in [2.75, 3.05) is 37.6 Å². The van der Waals surface area contributed by atoms with Gasteiger partial charge in [0.2, 0.25) is 0 Å². The summed E-state index contributed by atoms with van der Waals surface area (Å²) in [6.45, 7) is 7.15. The number of esters is 1. The first kappa shape index (κ1) is 23.8. The minimum Gasteiger partial charge on any atom is -0.493 e. The molecule has 0 aliphatic heterocycles. The lowest BCUT2D eigenvalue weighted by atomic mass is 10.2. The van der Waals surface area contributed by atoms with Crippen LogP contribution < -0.4 is 19.7 Å². The van der Waals surface area contributed by atoms with E-state index in [0.717, 1.165) is 17.8 Å². The number of amides is 1. The Bertz CT molecular complexity index is 907. The summed E-state index contributed by atoms with van der Waals surface area (Å²) in [6.07, 6.45) is 2.92. The third-order valence-corrected chi connectivity index (χ3v) is 4.61. The van der Waals surface area contributed by atoms with Crippen LogP contribution in [0.5, 0.6) is 11.5 Å². The average molecular weight is 427 g/mol. The molecule has 0 aliphatic rings. The first-order chi connectivity index (χ1) is 14.9. The van der Waals surface area contributed by atoms with Crippen LogP contribution in [0.15, 0.2) is 48.5 Å². The Morgan fingerprint density at radius 2 is 1.77 bits per heavy atom. The predicted molar refractivity (Wildman–Crippen MR) is 123 cm³/mol. The third-order valence-electron chi connectivity index (χ3n) is 4.61. The van der Waals surface area contributed by atoms with Gasteiger partial charge in [0.1, 0.15) is 0 Å². The van der Waals surface area contributed by atoms with Crippen LogP contribution in [-0.2, 0) is 14.3 Å². The van der Waals surface area contributed by atoms with E-state index in [4.69, 9.17) is 9.47 Å². The summed E-state index contributed by atoms with van der Waals surface area (Å²) in [5, 5.41) is 2.83. The molecule has 0 bridgehead atoms. The number of anilines is 2. The van der Waals surface area contributed by atoms with Gasteiger partial charge in [-0.1, -0.05) is 6.07 Å². The maximum Gasteiger partial charge on any atom is 0.330 e. The van der Waals surface area contributed by atoms with Crippen molar-refractivity contribution < 1.29 is 23.8 Å². The smallest absolute Gasteiger partial charge is 0.330 e. The van der Waals surface area contributed by atoms with Crippen molar-refractivity contribution in [1.29, 1.82) is 0 Å². The fraction of sp³-hybridized carbons (Fsp3) is 0.333. The molecule has 0 aliphatic carbocycles. The second kappa shape index (κ2) is 11.6. The Kier molecular flexibility index (Phi) is 8.94. The van der Waals surface area contributed by atoms with E-state index in [-0.39, 0.29) is 12.5 Å². The van der Waals surface area contributed by atoms with Crippen LogP contribution in [0, 0.1) is 0 Å². The molecule has 0 fully saturated rings. The van der Waals surface area contributed by atoms with Crippen molar-refractivity contribution in [3.8, 4) is 11.5 Å². The molecule has 166 valence electrons. The number of nitrogens with zero attached hydrogens (tertiary/aromatic N) is 1. The van der Waals surface area contributed by atoms with Crippen LogP contribution >= 0.6 is 0 Å². The Hall–Kier alpha value is -3.48. The highest BCUT2D eigenvalue weighted by Crippen LogP contribution is 2.28. The average Bonchev–Trinajstić information content (AvgIpc) is 2.77. The number of benzene rings is 2. The predicted octanol–water partition coefficient (Wildman–Crippen LogP) is 4.13. The molecule has 1 N–H and O–H groups in total. The van der Waals surface area contributed by atoms with Crippen molar-refractivity contribution in [1.82, 2.24) is 0 Å². The van der Waals surface area contributed by atoms with Gasteiger partial charge in [-0.15, -0.1) is 0 Å². The van der Waals surface area contributed by atoms with Crippen LogP contribution in [0.25, 0.3) is 6.08 Å². The number of rotatable bonds is 10. The van der Waals surface area contributed by atoms with Gasteiger partial charge in [0.05, 0.1) is 14.2 Å². The van der Waals surface area contributed by atoms with Crippen LogP contribution in [0.2, 0.25) is 0 Å². The van der Waals surface area contributed by atoms with Gasteiger partial charge in [-0.2, -0.15) is 0 Å². The SMILES string of the molecule is CCN(c1ccc(NC(=O)COc2ccc(/C=C/C(=O)OC)cc2OC)cc1)C(C)C. The first-order valence-corrected chi connectivity index (χ1v) is 10.1. The Morgan fingerprint density at radius 3 is 2.35 bits per heavy atom. The lowest BCUT2D eigenvalue weighted by Crippen LogP contribution is -2.30. The molecule has 2 rings (SSSR count). The van der Waals surface area contributed by atoms with Gasteiger partial charge in [-0.05, 0) is 68.8 Å². The van der Waals surface area contributed by atoms with E-state index >= 15 is 0 Å². The minimum atomic E-state index is -0.449. The molecule has 7 heteroatoms. The lowest BCUT2D eigenvalue weighted by molar-refractivity contribution is -0.134. The van der Waals surface area contributed by atoms with Gasteiger partial charge in [0.15, 0.2) is 18.1 Å². The molecule has 31 heavy (non-hydrogen) atoms. The van der Waals surface area contributed by atoms with Crippen molar-refractivity contribution in [3.63, 3.8) is 0 Å². The Balaban J connectivity index is 1.96. The second-order valence-electron chi connectivity index (χ2n) is 7.03. The third kappa shape index (κ3) is 7.06. The molecular weight excluding hydrogens is 396 g/mol. The summed E-state index contributed by atoms with van der Waals surface area (Å²) >= 11 is 0. The molecule has 0 radical (unpaired) electrons. The topological polar surface area (TPSA) is 77.1 Å². The monoisotopic (exact) mass is 426 g/mol. The van der Waals surface area contributed by atoms with Gasteiger partial charge in [0.25, 0.3) is 5.91 Å². The van der Waals surface area contributed by atoms with Gasteiger partial charge in [0, 0.05) is 30.0 Å². The zero-order valence-corrected chi connectivity index (χ0v) is 18.7. The number of hydrogen-bond acceptors (Lipinski definition) is 6. The fourth-order valence-electron chi connectivity index (χ4n) is 3.06. The normalized spacial score (nSPS) is 10.8. The minimum absolute atomic E-state index is 0.164. The largest absolute Gasteiger partial charge is 0.493 e. The molecule has 0 spiro atoms. The zero-order valence-electron chi connectivity index (χ0n) is 18.7. The van der Waals surface area contributed by atoms with E-state index < -0.39 is 5.97 Å². The maximum absolute atomic E-state index is 12.3. The Labute approximate surface area is 183 Å². The quantitative estimate of drug-likeness (QED) is 0.455. The number of ether oxygens (including phenoxy) is 3. The number of carbonyl (C=O) groups is 2. The molecule has 0 aromatic heterocycles. The van der Waals surface area contributed by atoms with Crippen molar-refractivity contribution >= 4 is 29.3 Å². The van der Waals surface area contributed by atoms with E-state index in [2.05, 4.69) is 35.7 Å². The van der Waals surface area contributed by atoms with Crippen molar-refractivity contribution in [2.24, 2.45) is 0 Å². The summed E-state index contributed by atoms with van der Waals surface area (Å²) in [7, 11) is 2.82. The first-order valence-electron chi connectivity index (χ1n) is 10.1. The second-order valence-corrected chi connectivity index (χ2v) is 7.03. The highest BCUT2D eigenvalue weighted by Gasteiger charge is 2.11. The zero-order chi connectivity index (χ0) is 22.8. The standard InChI is InChI=1S/C24H30N2O5/c1-6-26(17(2)3)20-11-9-19(10-12-20)25-23(27)16-31-21-13-7-18(15-22(21)29-4)8-14-24(28)30-5/h7-15,17H,6,16H2,1-5H3,(H,25,27)/b14-8+. The number of carbonyl (C=O) groups excluding carboxylic acids is 2. The number of methoxy groups -OCH3 is 2. The van der Waals surface area contributed by atoms with Crippen LogP contribution in [-0.4, -0.2) is 45.3 Å². The highest BCUT2D eigenvalue weighted by atomic mass is 16.5. The summed E-state index contributed by atoms with van der Waals surface area (Å²) in [5.74, 6) is 0.160. The molecule has 1 amide bonds.